The van der Waals surface area contributed by atoms with Crippen LogP contribution in [0.3, 0.4) is 0 Å². The van der Waals surface area contributed by atoms with Gasteiger partial charge in [-0.05, 0) is 49.8 Å². The van der Waals surface area contributed by atoms with Crippen molar-refractivity contribution in [3.63, 3.8) is 0 Å². The largest absolute Gasteiger partial charge is 0.296 e. The highest BCUT2D eigenvalue weighted by atomic mass is 32.2. The van der Waals surface area contributed by atoms with E-state index in [1.807, 2.05) is 62.4 Å². The summed E-state index contributed by atoms with van der Waals surface area (Å²) in [6.07, 6.45) is 2.97. The van der Waals surface area contributed by atoms with Crippen LogP contribution in [-0.4, -0.2) is 29.0 Å². The molecule has 1 N–H and O–H groups in total. The van der Waals surface area contributed by atoms with E-state index < -0.39 is 27.0 Å². The maximum atomic E-state index is 14.6. The molecule has 0 spiro atoms. The number of benzene rings is 2. The summed E-state index contributed by atoms with van der Waals surface area (Å²) in [6, 6.07) is 17.4. The van der Waals surface area contributed by atoms with Crippen molar-refractivity contribution in [2.75, 3.05) is 0 Å². The topological polar surface area (TPSA) is 81.1 Å². The zero-order valence-corrected chi connectivity index (χ0v) is 20.8. The highest BCUT2D eigenvalue weighted by Crippen LogP contribution is 2.45. The highest BCUT2D eigenvalue weighted by molar-refractivity contribution is 7.91. The Morgan fingerprint density at radius 2 is 1.83 bits per heavy atom. The van der Waals surface area contributed by atoms with Gasteiger partial charge >= 0.3 is 0 Å². The fraction of sp³-hybridized carbons (Fsp3) is 0.407. The lowest BCUT2D eigenvalue weighted by Gasteiger charge is -2.34. The minimum absolute atomic E-state index is 0.0111. The van der Waals surface area contributed by atoms with Gasteiger partial charge in [0.2, 0.25) is 15.0 Å². The lowest BCUT2D eigenvalue weighted by Crippen LogP contribution is -2.48. The van der Waals surface area contributed by atoms with Crippen LogP contribution in [0.1, 0.15) is 61.9 Å². The van der Waals surface area contributed by atoms with Gasteiger partial charge in [-0.25, -0.2) is 22.5 Å². The predicted molar refractivity (Wildman–Crippen MR) is 134 cm³/mol. The molecule has 2 aliphatic rings. The number of hydrogen-bond donors (Lipinski definition) is 1. The first-order valence-electron chi connectivity index (χ1n) is 12.1. The summed E-state index contributed by atoms with van der Waals surface area (Å²) < 4.78 is 44.5. The van der Waals surface area contributed by atoms with Crippen molar-refractivity contribution in [3.05, 3.63) is 88.1 Å². The van der Waals surface area contributed by atoms with Gasteiger partial charge in [-0.15, -0.1) is 0 Å². The third-order valence-corrected chi connectivity index (χ3v) is 9.12. The predicted octanol–water partition coefficient (Wildman–Crippen LogP) is 4.51. The van der Waals surface area contributed by atoms with Gasteiger partial charge in [-0.3, -0.25) is 9.36 Å². The molecule has 0 radical (unpaired) electrons. The number of aromatic nitrogens is 2. The lowest BCUT2D eigenvalue weighted by atomic mass is 9.78. The molecule has 1 fully saturated rings. The van der Waals surface area contributed by atoms with E-state index in [1.165, 1.54) is 0 Å². The first-order chi connectivity index (χ1) is 16.7. The van der Waals surface area contributed by atoms with Gasteiger partial charge in [0.25, 0.3) is 5.56 Å². The number of halogens is 1. The molecule has 2 atom stereocenters. The van der Waals surface area contributed by atoms with Crippen LogP contribution >= 0.6 is 0 Å². The Hall–Kier alpha value is -2.84. The third-order valence-electron chi connectivity index (χ3n) is 7.14. The van der Waals surface area contributed by atoms with Crippen molar-refractivity contribution in [2.24, 2.45) is 0 Å². The second-order valence-electron chi connectivity index (χ2n) is 9.94. The van der Waals surface area contributed by atoms with Crippen molar-refractivity contribution in [1.82, 2.24) is 14.3 Å². The first kappa shape index (κ1) is 23.9. The Kier molecular flexibility index (Phi) is 6.13. The Bertz CT molecular complexity index is 1400. The van der Waals surface area contributed by atoms with Crippen LogP contribution in [0.2, 0.25) is 0 Å². The Balaban J connectivity index is 1.56. The molecule has 1 heterocycles. The number of nitrogens with one attached hydrogen (secondary N) is 1. The SMILES string of the molecule is CC(C)n1cnc2c(c1=O)[C@@H](Cc1cccc(-c3ccccc3)c1)[C@@H](NS(=O)(=O)C1(F)CC1)CC2. The molecule has 3 aromatic rings. The standard InChI is InChI=1S/C27H30FN3O3S/c1-18(2)31-17-29-24-12-11-23(30-35(33,34)27(28)13-14-27)22(25(24)26(31)32)16-19-7-6-10-21(15-19)20-8-4-3-5-9-20/h3-10,15,17-18,22-23,30H,11-14,16H2,1-2H3/t22-,23-/m0/s1. The van der Waals surface area contributed by atoms with Crippen LogP contribution in [0.15, 0.2) is 65.7 Å². The second-order valence-corrected chi connectivity index (χ2v) is 11.9. The summed E-state index contributed by atoms with van der Waals surface area (Å²) in [5, 5.41) is -2.20. The first-order valence-corrected chi connectivity index (χ1v) is 13.6. The summed E-state index contributed by atoms with van der Waals surface area (Å²) in [5.41, 5.74) is 4.19. The monoisotopic (exact) mass is 495 g/mol. The molecule has 1 saturated carbocycles. The Morgan fingerprint density at radius 3 is 2.51 bits per heavy atom. The molecule has 0 saturated heterocycles. The van der Waals surface area contributed by atoms with Gasteiger partial charge in [-0.1, -0.05) is 54.6 Å². The summed E-state index contributed by atoms with van der Waals surface area (Å²) >= 11 is 0. The summed E-state index contributed by atoms with van der Waals surface area (Å²) in [4.78, 5) is 18.1. The van der Waals surface area contributed by atoms with Gasteiger partial charge < -0.3 is 0 Å². The number of nitrogens with zero attached hydrogens (tertiary/aromatic N) is 2. The zero-order valence-electron chi connectivity index (χ0n) is 19.9. The van der Waals surface area contributed by atoms with Crippen LogP contribution in [-0.2, 0) is 22.9 Å². The number of hydrogen-bond acceptors (Lipinski definition) is 4. The molecule has 1 aromatic heterocycles. The molecule has 0 unspecified atom stereocenters. The van der Waals surface area contributed by atoms with E-state index in [4.69, 9.17) is 0 Å². The number of sulfonamides is 1. The van der Waals surface area contributed by atoms with Crippen molar-refractivity contribution in [2.45, 2.75) is 69.0 Å². The van der Waals surface area contributed by atoms with Gasteiger partial charge in [0.1, 0.15) is 0 Å². The van der Waals surface area contributed by atoms with E-state index in [2.05, 4.69) is 15.8 Å². The molecule has 184 valence electrons. The van der Waals surface area contributed by atoms with Crippen LogP contribution < -0.4 is 10.3 Å². The molecule has 0 aliphatic heterocycles. The summed E-state index contributed by atoms with van der Waals surface area (Å²) in [5.74, 6) is -0.451. The normalized spacial score (nSPS) is 21.0. The molecule has 2 aliphatic carbocycles. The van der Waals surface area contributed by atoms with E-state index in [1.54, 1.807) is 10.9 Å². The Morgan fingerprint density at radius 1 is 1.11 bits per heavy atom. The fourth-order valence-corrected chi connectivity index (χ4v) is 6.50. The molecule has 2 aromatic carbocycles. The molecular weight excluding hydrogens is 465 g/mol. The second kappa shape index (κ2) is 8.99. The fourth-order valence-electron chi connectivity index (χ4n) is 4.97. The number of alkyl halides is 1. The van der Waals surface area contributed by atoms with E-state index in [9.17, 15) is 17.6 Å². The number of rotatable bonds is 7. The molecule has 5 rings (SSSR count). The number of fused-ring (bicyclic) bond motifs is 1. The van der Waals surface area contributed by atoms with E-state index in [-0.39, 0.29) is 24.4 Å². The lowest BCUT2D eigenvalue weighted by molar-refractivity contribution is 0.372. The van der Waals surface area contributed by atoms with E-state index >= 15 is 0 Å². The molecule has 0 bridgehead atoms. The quantitative estimate of drug-likeness (QED) is 0.523. The van der Waals surface area contributed by atoms with Crippen LogP contribution in [0.5, 0.6) is 0 Å². The molecule has 8 heteroatoms. The van der Waals surface area contributed by atoms with Crippen molar-refractivity contribution < 1.29 is 12.8 Å². The van der Waals surface area contributed by atoms with E-state index in [0.29, 0.717) is 30.5 Å². The van der Waals surface area contributed by atoms with Crippen molar-refractivity contribution in [1.29, 1.82) is 0 Å². The van der Waals surface area contributed by atoms with Gasteiger partial charge in [0.05, 0.1) is 12.0 Å². The summed E-state index contributed by atoms with van der Waals surface area (Å²) in [7, 11) is -4.15. The van der Waals surface area contributed by atoms with Crippen molar-refractivity contribution in [3.8, 4) is 11.1 Å². The number of aryl methyl sites for hydroxylation is 1. The van der Waals surface area contributed by atoms with Crippen LogP contribution in [0, 0.1) is 0 Å². The van der Waals surface area contributed by atoms with Gasteiger partial charge in [0.15, 0.2) is 0 Å². The molecule has 0 amide bonds. The average molecular weight is 496 g/mol. The summed E-state index contributed by atoms with van der Waals surface area (Å²) in [6.45, 7) is 3.83. The highest BCUT2D eigenvalue weighted by Gasteiger charge is 2.56. The van der Waals surface area contributed by atoms with Gasteiger partial charge in [-0.2, -0.15) is 0 Å². The van der Waals surface area contributed by atoms with Crippen molar-refractivity contribution >= 4 is 10.0 Å². The maximum absolute atomic E-state index is 14.6. The smallest absolute Gasteiger partial charge is 0.257 e. The molecule has 35 heavy (non-hydrogen) atoms. The van der Waals surface area contributed by atoms with E-state index in [0.717, 1.165) is 16.7 Å². The zero-order chi connectivity index (χ0) is 24.8. The average Bonchev–Trinajstić information content (AvgIpc) is 3.60. The molecule has 6 nitrogen and oxygen atoms in total. The maximum Gasteiger partial charge on any atom is 0.257 e. The third kappa shape index (κ3) is 4.57. The Labute approximate surface area is 205 Å². The molecular formula is C27H30FN3O3S. The van der Waals surface area contributed by atoms with Crippen LogP contribution in [0.25, 0.3) is 11.1 Å². The minimum atomic E-state index is -4.15. The van der Waals surface area contributed by atoms with Gasteiger partial charge in [0, 0.05) is 36.4 Å². The minimum Gasteiger partial charge on any atom is -0.296 e. The van der Waals surface area contributed by atoms with Crippen LogP contribution in [0.4, 0.5) is 4.39 Å².